The molecule has 0 amide bonds. The van der Waals surface area contributed by atoms with Crippen molar-refractivity contribution in [2.24, 2.45) is 0 Å². The Bertz CT molecular complexity index is 573. The summed E-state index contributed by atoms with van der Waals surface area (Å²) in [5.41, 5.74) is 6.59. The van der Waals surface area contributed by atoms with Crippen LogP contribution in [0, 0.1) is 17.1 Å². The van der Waals surface area contributed by atoms with Gasteiger partial charge in [-0.05, 0) is 36.4 Å². The Labute approximate surface area is 97.9 Å². The summed E-state index contributed by atoms with van der Waals surface area (Å²) >= 11 is 0. The van der Waals surface area contributed by atoms with Crippen molar-refractivity contribution in [3.8, 4) is 17.6 Å². The largest absolute Gasteiger partial charge is 0.455 e. The number of nitrogens with zero attached hydrogens (tertiary/aromatic N) is 1. The highest BCUT2D eigenvalue weighted by Gasteiger charge is 2.04. The number of hydrogen-bond acceptors (Lipinski definition) is 3. The maximum absolute atomic E-state index is 12.7. The van der Waals surface area contributed by atoms with E-state index in [-0.39, 0.29) is 5.82 Å². The van der Waals surface area contributed by atoms with E-state index in [0.717, 1.165) is 0 Å². The first-order valence-electron chi connectivity index (χ1n) is 4.92. The molecule has 0 unspecified atom stereocenters. The molecule has 3 nitrogen and oxygen atoms in total. The van der Waals surface area contributed by atoms with E-state index in [2.05, 4.69) is 0 Å². The fourth-order valence-electron chi connectivity index (χ4n) is 1.32. The average molecular weight is 228 g/mol. The summed E-state index contributed by atoms with van der Waals surface area (Å²) in [6, 6.07) is 12.3. The van der Waals surface area contributed by atoms with Gasteiger partial charge in [0.1, 0.15) is 11.6 Å². The molecule has 2 aromatic carbocycles. The third kappa shape index (κ3) is 2.52. The van der Waals surface area contributed by atoms with Crippen LogP contribution in [0.2, 0.25) is 0 Å². The molecule has 2 rings (SSSR count). The fourth-order valence-corrected chi connectivity index (χ4v) is 1.32. The quantitative estimate of drug-likeness (QED) is 0.803. The predicted molar refractivity (Wildman–Crippen MR) is 62.0 cm³/mol. The molecule has 0 fully saturated rings. The summed E-state index contributed by atoms with van der Waals surface area (Å²) in [5, 5.41) is 8.76. The third-order valence-corrected chi connectivity index (χ3v) is 2.18. The number of benzene rings is 2. The molecule has 0 aliphatic heterocycles. The van der Waals surface area contributed by atoms with E-state index in [1.165, 1.54) is 24.3 Å². The number of anilines is 1. The van der Waals surface area contributed by atoms with Crippen molar-refractivity contribution in [1.82, 2.24) is 0 Å². The monoisotopic (exact) mass is 228 g/mol. The van der Waals surface area contributed by atoms with Crippen LogP contribution in [0.4, 0.5) is 10.1 Å². The first-order chi connectivity index (χ1) is 8.19. The smallest absolute Gasteiger partial charge is 0.151 e. The van der Waals surface area contributed by atoms with Crippen molar-refractivity contribution in [2.75, 3.05) is 5.73 Å². The molecule has 0 atom stereocenters. The molecule has 17 heavy (non-hydrogen) atoms. The lowest BCUT2D eigenvalue weighted by molar-refractivity contribution is 0.483. The second-order valence-electron chi connectivity index (χ2n) is 3.42. The van der Waals surface area contributed by atoms with Crippen LogP contribution in [0.3, 0.4) is 0 Å². The van der Waals surface area contributed by atoms with Crippen molar-refractivity contribution in [3.63, 3.8) is 0 Å². The van der Waals surface area contributed by atoms with E-state index in [4.69, 9.17) is 15.7 Å². The molecule has 0 heterocycles. The number of hydrogen-bond donors (Lipinski definition) is 1. The summed E-state index contributed by atoms with van der Waals surface area (Å²) in [6.07, 6.45) is 0. The maximum Gasteiger partial charge on any atom is 0.151 e. The SMILES string of the molecule is N#Cc1ccc(N)c(Oc2ccc(F)cc2)c1. The number of halogens is 1. The molecular formula is C13H9FN2O. The topological polar surface area (TPSA) is 59.0 Å². The minimum Gasteiger partial charge on any atom is -0.455 e. The minimum absolute atomic E-state index is 0.337. The molecule has 2 N–H and O–H groups in total. The molecule has 0 radical (unpaired) electrons. The van der Waals surface area contributed by atoms with Gasteiger partial charge >= 0.3 is 0 Å². The van der Waals surface area contributed by atoms with Crippen molar-refractivity contribution < 1.29 is 9.13 Å². The van der Waals surface area contributed by atoms with Crippen LogP contribution in [-0.2, 0) is 0 Å². The summed E-state index contributed by atoms with van der Waals surface area (Å²) in [6.45, 7) is 0. The molecular weight excluding hydrogens is 219 g/mol. The van der Waals surface area contributed by atoms with Crippen LogP contribution in [0.5, 0.6) is 11.5 Å². The molecule has 0 saturated carbocycles. The van der Waals surface area contributed by atoms with E-state index in [1.54, 1.807) is 18.2 Å². The standard InChI is InChI=1S/C13H9FN2O/c14-10-2-4-11(5-3-10)17-13-7-9(8-15)1-6-12(13)16/h1-7H,16H2. The highest BCUT2D eigenvalue weighted by atomic mass is 19.1. The summed E-state index contributed by atoms with van der Waals surface area (Å²) in [7, 11) is 0. The van der Waals surface area contributed by atoms with E-state index in [1.807, 2.05) is 6.07 Å². The van der Waals surface area contributed by atoms with Gasteiger partial charge in [-0.1, -0.05) is 0 Å². The van der Waals surface area contributed by atoms with Crippen LogP contribution < -0.4 is 10.5 Å². The Morgan fingerprint density at radius 1 is 1.12 bits per heavy atom. The van der Waals surface area contributed by atoms with Gasteiger partial charge in [0.15, 0.2) is 5.75 Å². The number of nitrogens with two attached hydrogens (primary N) is 1. The molecule has 2 aromatic rings. The zero-order valence-electron chi connectivity index (χ0n) is 8.85. The number of rotatable bonds is 2. The van der Waals surface area contributed by atoms with E-state index < -0.39 is 0 Å². The van der Waals surface area contributed by atoms with Gasteiger partial charge in [0.2, 0.25) is 0 Å². The zero-order valence-corrected chi connectivity index (χ0v) is 8.85. The van der Waals surface area contributed by atoms with Gasteiger partial charge in [0, 0.05) is 6.07 Å². The van der Waals surface area contributed by atoms with Gasteiger partial charge in [0.05, 0.1) is 17.3 Å². The van der Waals surface area contributed by atoms with Crippen LogP contribution in [0.1, 0.15) is 5.56 Å². The Balaban J connectivity index is 2.29. The van der Waals surface area contributed by atoms with Crippen LogP contribution in [-0.4, -0.2) is 0 Å². The highest BCUT2D eigenvalue weighted by molar-refractivity contribution is 5.57. The second kappa shape index (κ2) is 4.54. The minimum atomic E-state index is -0.337. The van der Waals surface area contributed by atoms with Gasteiger partial charge < -0.3 is 10.5 Å². The number of nitriles is 1. The van der Waals surface area contributed by atoms with Crippen molar-refractivity contribution in [1.29, 1.82) is 5.26 Å². The van der Waals surface area contributed by atoms with E-state index >= 15 is 0 Å². The van der Waals surface area contributed by atoms with Crippen LogP contribution in [0.15, 0.2) is 42.5 Å². The summed E-state index contributed by atoms with van der Waals surface area (Å²) in [5.74, 6) is 0.514. The lowest BCUT2D eigenvalue weighted by Gasteiger charge is -2.08. The summed E-state index contributed by atoms with van der Waals surface area (Å²) < 4.78 is 18.2. The van der Waals surface area contributed by atoms with Crippen molar-refractivity contribution in [2.45, 2.75) is 0 Å². The maximum atomic E-state index is 12.7. The Hall–Kier alpha value is -2.54. The second-order valence-corrected chi connectivity index (χ2v) is 3.42. The van der Waals surface area contributed by atoms with Crippen molar-refractivity contribution in [3.05, 3.63) is 53.8 Å². The highest BCUT2D eigenvalue weighted by Crippen LogP contribution is 2.28. The first-order valence-corrected chi connectivity index (χ1v) is 4.92. The first kappa shape index (κ1) is 11.0. The van der Waals surface area contributed by atoms with Gasteiger partial charge in [-0.2, -0.15) is 5.26 Å². The van der Waals surface area contributed by atoms with Gasteiger partial charge in [-0.3, -0.25) is 0 Å². The molecule has 0 saturated heterocycles. The average Bonchev–Trinajstić information content (AvgIpc) is 2.35. The summed E-state index contributed by atoms with van der Waals surface area (Å²) in [4.78, 5) is 0. The lowest BCUT2D eigenvalue weighted by atomic mass is 10.2. The Kier molecular flexibility index (Phi) is 2.93. The van der Waals surface area contributed by atoms with Crippen molar-refractivity contribution >= 4 is 5.69 Å². The number of nitrogen functional groups attached to an aromatic ring is 1. The Morgan fingerprint density at radius 3 is 2.47 bits per heavy atom. The van der Waals surface area contributed by atoms with Crippen LogP contribution >= 0.6 is 0 Å². The fraction of sp³-hybridized carbons (Fsp3) is 0. The molecule has 0 bridgehead atoms. The van der Waals surface area contributed by atoms with Gasteiger partial charge in [-0.15, -0.1) is 0 Å². The van der Waals surface area contributed by atoms with E-state index in [9.17, 15) is 4.39 Å². The molecule has 0 aromatic heterocycles. The van der Waals surface area contributed by atoms with Crippen LogP contribution in [0.25, 0.3) is 0 Å². The molecule has 0 aliphatic rings. The molecule has 4 heteroatoms. The third-order valence-electron chi connectivity index (χ3n) is 2.18. The van der Waals surface area contributed by atoms with E-state index in [0.29, 0.717) is 22.7 Å². The number of ether oxygens (including phenoxy) is 1. The van der Waals surface area contributed by atoms with Gasteiger partial charge in [-0.25, -0.2) is 4.39 Å². The van der Waals surface area contributed by atoms with Gasteiger partial charge in [0.25, 0.3) is 0 Å². The zero-order chi connectivity index (χ0) is 12.3. The lowest BCUT2D eigenvalue weighted by Crippen LogP contribution is -1.92. The molecule has 0 spiro atoms. The normalized spacial score (nSPS) is 9.65. The Morgan fingerprint density at radius 2 is 1.82 bits per heavy atom. The predicted octanol–water partition coefficient (Wildman–Crippen LogP) is 3.07. The molecule has 0 aliphatic carbocycles. The molecule has 84 valence electrons.